The zero-order valence-electron chi connectivity index (χ0n) is 16.9. The number of nitrogens with zero attached hydrogens (tertiary/aromatic N) is 1. The fourth-order valence-corrected chi connectivity index (χ4v) is 3.26. The predicted octanol–water partition coefficient (Wildman–Crippen LogP) is 3.98. The van der Waals surface area contributed by atoms with Gasteiger partial charge in [0, 0.05) is 16.9 Å². The standard InChI is InChI=1S/C23H23NO5/c1-5-29-23(27)20-15(3)24(17-11-9-14(2)10-12-17)22(26)18(20)13-16-7-6-8-19(28-4)21(16)25/h6-13,25H,5H2,1-4H3. The largest absolute Gasteiger partial charge is 0.504 e. The van der Waals surface area contributed by atoms with Gasteiger partial charge in [0.25, 0.3) is 5.91 Å². The Morgan fingerprint density at radius 1 is 1.14 bits per heavy atom. The van der Waals surface area contributed by atoms with Crippen LogP contribution in [0.3, 0.4) is 0 Å². The number of rotatable bonds is 5. The Hall–Kier alpha value is -3.54. The van der Waals surface area contributed by atoms with Crippen LogP contribution < -0.4 is 9.64 Å². The number of anilines is 1. The molecule has 0 bridgehead atoms. The van der Waals surface area contributed by atoms with Gasteiger partial charge in [0.15, 0.2) is 11.5 Å². The molecule has 0 saturated carbocycles. The number of aromatic hydroxyl groups is 1. The summed E-state index contributed by atoms with van der Waals surface area (Å²) in [7, 11) is 1.44. The first kappa shape index (κ1) is 20.2. The fraction of sp³-hybridized carbons (Fsp3) is 0.217. The van der Waals surface area contributed by atoms with Gasteiger partial charge in [-0.1, -0.05) is 29.8 Å². The number of hydrogen-bond acceptors (Lipinski definition) is 5. The van der Waals surface area contributed by atoms with E-state index in [1.807, 2.05) is 31.2 Å². The Bertz CT molecular complexity index is 1020. The molecule has 6 heteroatoms. The van der Waals surface area contributed by atoms with E-state index >= 15 is 0 Å². The quantitative estimate of drug-likeness (QED) is 0.614. The van der Waals surface area contributed by atoms with Crippen molar-refractivity contribution < 1.29 is 24.2 Å². The second kappa shape index (κ2) is 8.22. The number of amides is 1. The highest BCUT2D eigenvalue weighted by Crippen LogP contribution is 2.38. The first-order valence-corrected chi connectivity index (χ1v) is 9.26. The van der Waals surface area contributed by atoms with Crippen molar-refractivity contribution in [2.75, 3.05) is 18.6 Å². The molecule has 29 heavy (non-hydrogen) atoms. The Kier molecular flexibility index (Phi) is 5.73. The summed E-state index contributed by atoms with van der Waals surface area (Å²) in [5.41, 5.74) is 2.89. The lowest BCUT2D eigenvalue weighted by atomic mass is 10.0. The Morgan fingerprint density at radius 2 is 1.83 bits per heavy atom. The van der Waals surface area contributed by atoms with Gasteiger partial charge in [-0.25, -0.2) is 4.79 Å². The van der Waals surface area contributed by atoms with E-state index in [-0.39, 0.29) is 35.2 Å². The van der Waals surface area contributed by atoms with Gasteiger partial charge in [0.05, 0.1) is 24.9 Å². The summed E-state index contributed by atoms with van der Waals surface area (Å²) in [6, 6.07) is 12.4. The van der Waals surface area contributed by atoms with Crippen LogP contribution in [-0.2, 0) is 14.3 Å². The average Bonchev–Trinajstić information content (AvgIpc) is 2.94. The van der Waals surface area contributed by atoms with Crippen molar-refractivity contribution in [2.24, 2.45) is 0 Å². The second-order valence-electron chi connectivity index (χ2n) is 6.61. The third-order valence-corrected chi connectivity index (χ3v) is 4.72. The van der Waals surface area contributed by atoms with Crippen molar-refractivity contribution in [1.29, 1.82) is 0 Å². The maximum Gasteiger partial charge on any atom is 0.340 e. The van der Waals surface area contributed by atoms with E-state index in [0.717, 1.165) is 5.56 Å². The normalized spacial score (nSPS) is 15.2. The van der Waals surface area contributed by atoms with Crippen molar-refractivity contribution in [1.82, 2.24) is 0 Å². The SMILES string of the molecule is CCOC(=O)C1=C(C)N(c2ccc(C)cc2)C(=O)C1=Cc1cccc(OC)c1O. The van der Waals surface area contributed by atoms with Gasteiger partial charge in [0.1, 0.15) is 0 Å². The monoisotopic (exact) mass is 393 g/mol. The molecule has 2 aromatic rings. The van der Waals surface area contributed by atoms with Crippen LogP contribution in [0.15, 0.2) is 59.3 Å². The molecular formula is C23H23NO5. The Balaban J connectivity index is 2.16. The first-order chi connectivity index (χ1) is 13.9. The Morgan fingerprint density at radius 3 is 2.45 bits per heavy atom. The number of para-hydroxylation sites is 1. The number of esters is 1. The predicted molar refractivity (Wildman–Crippen MR) is 111 cm³/mol. The van der Waals surface area contributed by atoms with Gasteiger partial charge in [-0.05, 0) is 45.0 Å². The maximum atomic E-state index is 13.3. The number of phenols is 1. The van der Waals surface area contributed by atoms with Gasteiger partial charge in [0.2, 0.25) is 0 Å². The molecule has 0 aromatic heterocycles. The summed E-state index contributed by atoms with van der Waals surface area (Å²) in [6.07, 6.45) is 1.49. The molecule has 3 rings (SSSR count). The summed E-state index contributed by atoms with van der Waals surface area (Å²) < 4.78 is 10.3. The molecule has 1 amide bonds. The van der Waals surface area contributed by atoms with Crippen LogP contribution in [0.25, 0.3) is 6.08 Å². The minimum absolute atomic E-state index is 0.107. The lowest BCUT2D eigenvalue weighted by Gasteiger charge is -2.18. The molecule has 0 atom stereocenters. The van der Waals surface area contributed by atoms with Crippen LogP contribution in [0.5, 0.6) is 11.5 Å². The molecular weight excluding hydrogens is 370 g/mol. The number of benzene rings is 2. The van der Waals surface area contributed by atoms with Gasteiger partial charge < -0.3 is 14.6 Å². The van der Waals surface area contributed by atoms with Crippen molar-refractivity contribution in [3.8, 4) is 11.5 Å². The number of carbonyl (C=O) groups is 2. The maximum absolute atomic E-state index is 13.3. The van der Waals surface area contributed by atoms with E-state index in [4.69, 9.17) is 9.47 Å². The summed E-state index contributed by atoms with van der Waals surface area (Å²) in [4.78, 5) is 27.4. The van der Waals surface area contributed by atoms with Gasteiger partial charge in [-0.3, -0.25) is 9.69 Å². The minimum atomic E-state index is -0.582. The molecule has 0 unspecified atom stereocenters. The topological polar surface area (TPSA) is 76.1 Å². The van der Waals surface area contributed by atoms with Crippen LogP contribution in [0.2, 0.25) is 0 Å². The van der Waals surface area contributed by atoms with Crippen LogP contribution in [0, 0.1) is 6.92 Å². The summed E-state index contributed by atoms with van der Waals surface area (Å²) >= 11 is 0. The summed E-state index contributed by atoms with van der Waals surface area (Å²) in [6.45, 7) is 5.56. The molecule has 0 aliphatic carbocycles. The molecule has 1 aliphatic heterocycles. The molecule has 1 aliphatic rings. The van der Waals surface area contributed by atoms with Crippen molar-refractivity contribution in [3.05, 3.63) is 70.4 Å². The smallest absolute Gasteiger partial charge is 0.340 e. The lowest BCUT2D eigenvalue weighted by Crippen LogP contribution is -2.24. The highest BCUT2D eigenvalue weighted by molar-refractivity contribution is 6.24. The first-order valence-electron chi connectivity index (χ1n) is 9.26. The molecule has 6 nitrogen and oxygen atoms in total. The number of methoxy groups -OCH3 is 1. The minimum Gasteiger partial charge on any atom is -0.504 e. The Labute approximate surface area is 169 Å². The molecule has 0 saturated heterocycles. The van der Waals surface area contributed by atoms with E-state index in [2.05, 4.69) is 0 Å². The molecule has 0 radical (unpaired) electrons. The van der Waals surface area contributed by atoms with Crippen LogP contribution in [-0.4, -0.2) is 30.7 Å². The second-order valence-corrected chi connectivity index (χ2v) is 6.61. The number of phenolic OH excluding ortho intramolecular Hbond substituents is 1. The van der Waals surface area contributed by atoms with Crippen LogP contribution >= 0.6 is 0 Å². The molecule has 1 heterocycles. The number of carbonyl (C=O) groups excluding carboxylic acids is 2. The van der Waals surface area contributed by atoms with E-state index in [0.29, 0.717) is 16.9 Å². The number of ether oxygens (including phenoxy) is 2. The highest BCUT2D eigenvalue weighted by Gasteiger charge is 2.38. The molecule has 1 N–H and O–H groups in total. The highest BCUT2D eigenvalue weighted by atomic mass is 16.5. The van der Waals surface area contributed by atoms with Crippen LogP contribution in [0.4, 0.5) is 5.69 Å². The third-order valence-electron chi connectivity index (χ3n) is 4.72. The zero-order chi connectivity index (χ0) is 21.1. The molecule has 150 valence electrons. The number of aryl methyl sites for hydroxylation is 1. The van der Waals surface area contributed by atoms with Gasteiger partial charge >= 0.3 is 5.97 Å². The van der Waals surface area contributed by atoms with Gasteiger partial charge in [-0.2, -0.15) is 0 Å². The van der Waals surface area contributed by atoms with Crippen molar-refractivity contribution >= 4 is 23.6 Å². The lowest BCUT2D eigenvalue weighted by molar-refractivity contribution is -0.138. The summed E-state index contributed by atoms with van der Waals surface area (Å²) in [5, 5.41) is 10.4. The zero-order valence-corrected chi connectivity index (χ0v) is 16.9. The third kappa shape index (κ3) is 3.74. The van der Waals surface area contributed by atoms with Crippen LogP contribution in [0.1, 0.15) is 25.0 Å². The number of hydrogen-bond donors (Lipinski definition) is 1. The van der Waals surface area contributed by atoms with E-state index in [9.17, 15) is 14.7 Å². The van der Waals surface area contributed by atoms with Gasteiger partial charge in [-0.15, -0.1) is 0 Å². The van der Waals surface area contributed by atoms with E-state index < -0.39 is 5.97 Å². The molecule has 0 fully saturated rings. The number of allylic oxidation sites excluding steroid dienone is 1. The molecule has 2 aromatic carbocycles. The average molecular weight is 393 g/mol. The van der Waals surface area contributed by atoms with Crippen molar-refractivity contribution in [2.45, 2.75) is 20.8 Å². The fourth-order valence-electron chi connectivity index (χ4n) is 3.26. The van der Waals surface area contributed by atoms with E-state index in [1.54, 1.807) is 32.0 Å². The van der Waals surface area contributed by atoms with E-state index in [1.165, 1.54) is 18.1 Å². The summed E-state index contributed by atoms with van der Waals surface area (Å²) in [5.74, 6) is -0.776. The molecule has 0 spiro atoms. The van der Waals surface area contributed by atoms with Crippen molar-refractivity contribution in [3.63, 3.8) is 0 Å².